The molecule has 9 heteroatoms. The number of sulfonamides is 1. The van der Waals surface area contributed by atoms with E-state index in [0.29, 0.717) is 22.7 Å². The topological polar surface area (TPSA) is 114 Å². The summed E-state index contributed by atoms with van der Waals surface area (Å²) in [7, 11) is -3.78. The Bertz CT molecular complexity index is 1120. The molecule has 0 unspecified atom stereocenters. The van der Waals surface area contributed by atoms with E-state index in [0.717, 1.165) is 0 Å². The van der Waals surface area contributed by atoms with E-state index < -0.39 is 27.6 Å². The summed E-state index contributed by atoms with van der Waals surface area (Å²) in [6.07, 6.45) is -0.591. The molecule has 2 aromatic carbocycles. The highest BCUT2D eigenvalue weighted by atomic mass is 32.2. The van der Waals surface area contributed by atoms with Gasteiger partial charge in [-0.2, -0.15) is 0 Å². The van der Waals surface area contributed by atoms with Gasteiger partial charge in [0.2, 0.25) is 10.0 Å². The zero-order valence-corrected chi connectivity index (χ0v) is 18.3. The van der Waals surface area contributed by atoms with Crippen molar-refractivity contribution in [3.8, 4) is 5.75 Å². The van der Waals surface area contributed by atoms with Crippen LogP contribution in [0.2, 0.25) is 0 Å². The highest BCUT2D eigenvalue weighted by Crippen LogP contribution is 2.32. The molecule has 0 bridgehead atoms. The lowest BCUT2D eigenvalue weighted by Gasteiger charge is -2.23. The van der Waals surface area contributed by atoms with E-state index in [1.54, 1.807) is 58.9 Å². The number of amides is 2. The van der Waals surface area contributed by atoms with Crippen molar-refractivity contribution in [1.82, 2.24) is 4.72 Å². The first kappa shape index (κ1) is 21.8. The maximum atomic E-state index is 12.8. The second-order valence-electron chi connectivity index (χ2n) is 8.25. The Morgan fingerprint density at radius 2 is 1.83 bits per heavy atom. The first-order valence-corrected chi connectivity index (χ1v) is 10.9. The lowest BCUT2D eigenvalue weighted by Crippen LogP contribution is -2.40. The van der Waals surface area contributed by atoms with Crippen molar-refractivity contribution in [3.05, 3.63) is 47.5 Å². The Labute approximate surface area is 176 Å². The maximum Gasteiger partial charge on any atom is 0.265 e. The van der Waals surface area contributed by atoms with E-state index >= 15 is 0 Å². The SMILES string of the molecule is Cc1ccc(S(=O)(=O)NC(C)(C)C)cc1C(=O)Nc1ccc2c(c1)NC(=O)[C@H](C)O2. The Kier molecular flexibility index (Phi) is 5.62. The molecule has 2 aromatic rings. The average molecular weight is 432 g/mol. The van der Waals surface area contributed by atoms with E-state index in [9.17, 15) is 18.0 Å². The summed E-state index contributed by atoms with van der Waals surface area (Å²) < 4.78 is 33.3. The van der Waals surface area contributed by atoms with Gasteiger partial charge in [0.1, 0.15) is 5.75 Å². The summed E-state index contributed by atoms with van der Waals surface area (Å²) in [6, 6.07) is 9.30. The molecule has 0 radical (unpaired) electrons. The number of hydrogen-bond acceptors (Lipinski definition) is 5. The minimum absolute atomic E-state index is 0.00765. The molecule has 0 saturated heterocycles. The van der Waals surface area contributed by atoms with Gasteiger partial charge in [0.05, 0.1) is 10.6 Å². The van der Waals surface area contributed by atoms with Crippen molar-refractivity contribution in [2.24, 2.45) is 0 Å². The molecule has 30 heavy (non-hydrogen) atoms. The van der Waals surface area contributed by atoms with Gasteiger partial charge in [0.15, 0.2) is 6.10 Å². The highest BCUT2D eigenvalue weighted by Gasteiger charge is 2.25. The number of carbonyl (C=O) groups excluding carboxylic acids is 2. The van der Waals surface area contributed by atoms with Crippen molar-refractivity contribution in [2.45, 2.75) is 51.2 Å². The lowest BCUT2D eigenvalue weighted by molar-refractivity contribution is -0.122. The van der Waals surface area contributed by atoms with E-state index in [2.05, 4.69) is 15.4 Å². The Balaban J connectivity index is 1.86. The van der Waals surface area contributed by atoms with Gasteiger partial charge in [0, 0.05) is 16.8 Å². The second-order valence-corrected chi connectivity index (χ2v) is 9.93. The Morgan fingerprint density at radius 3 is 2.50 bits per heavy atom. The lowest BCUT2D eigenvalue weighted by atomic mass is 10.1. The van der Waals surface area contributed by atoms with Crippen molar-refractivity contribution < 1.29 is 22.7 Å². The third-order valence-corrected chi connectivity index (χ3v) is 6.13. The first-order chi connectivity index (χ1) is 13.9. The molecule has 3 N–H and O–H groups in total. The van der Waals surface area contributed by atoms with Gasteiger partial charge in [-0.05, 0) is 70.5 Å². The predicted octanol–water partition coefficient (Wildman–Crippen LogP) is 3.04. The van der Waals surface area contributed by atoms with Crippen molar-refractivity contribution >= 4 is 33.2 Å². The van der Waals surface area contributed by atoms with Crippen molar-refractivity contribution in [1.29, 1.82) is 0 Å². The zero-order chi connectivity index (χ0) is 22.3. The monoisotopic (exact) mass is 431 g/mol. The molecular weight excluding hydrogens is 406 g/mol. The predicted molar refractivity (Wildman–Crippen MR) is 114 cm³/mol. The van der Waals surface area contributed by atoms with Gasteiger partial charge in [-0.3, -0.25) is 9.59 Å². The Morgan fingerprint density at radius 1 is 1.13 bits per heavy atom. The molecular formula is C21H25N3O5S. The molecule has 0 fully saturated rings. The summed E-state index contributed by atoms with van der Waals surface area (Å²) >= 11 is 0. The average Bonchev–Trinajstić information content (AvgIpc) is 2.61. The normalized spacial score (nSPS) is 16.3. The highest BCUT2D eigenvalue weighted by molar-refractivity contribution is 7.89. The Hall–Kier alpha value is -2.91. The number of nitrogens with one attached hydrogen (secondary N) is 3. The van der Waals surface area contributed by atoms with Gasteiger partial charge in [-0.25, -0.2) is 13.1 Å². The molecule has 1 atom stereocenters. The molecule has 1 aliphatic heterocycles. The van der Waals surface area contributed by atoms with Crippen LogP contribution >= 0.6 is 0 Å². The van der Waals surface area contributed by atoms with Crippen LogP contribution in [0.15, 0.2) is 41.3 Å². The summed E-state index contributed by atoms with van der Waals surface area (Å²) in [5.41, 5.74) is 1.11. The molecule has 0 spiro atoms. The zero-order valence-electron chi connectivity index (χ0n) is 17.5. The number of ether oxygens (including phenoxy) is 1. The van der Waals surface area contributed by atoms with Gasteiger partial charge in [-0.1, -0.05) is 6.07 Å². The van der Waals surface area contributed by atoms with Crippen LogP contribution < -0.4 is 20.1 Å². The molecule has 2 amide bonds. The first-order valence-electron chi connectivity index (χ1n) is 9.43. The molecule has 1 heterocycles. The second kappa shape index (κ2) is 7.73. The molecule has 0 saturated carbocycles. The van der Waals surface area contributed by atoms with Crippen LogP contribution in [0.25, 0.3) is 0 Å². The number of benzene rings is 2. The fourth-order valence-electron chi connectivity index (χ4n) is 2.96. The quantitative estimate of drug-likeness (QED) is 0.689. The van der Waals surface area contributed by atoms with Gasteiger partial charge < -0.3 is 15.4 Å². The largest absolute Gasteiger partial charge is 0.479 e. The summed E-state index contributed by atoms with van der Waals surface area (Å²) in [6.45, 7) is 8.60. The number of anilines is 2. The number of aryl methyl sites for hydroxylation is 1. The van der Waals surface area contributed by atoms with E-state index in [1.165, 1.54) is 12.1 Å². The number of fused-ring (bicyclic) bond motifs is 1. The van der Waals surface area contributed by atoms with Crippen LogP contribution in [0.5, 0.6) is 5.75 Å². The number of rotatable bonds is 4. The van der Waals surface area contributed by atoms with Crippen molar-refractivity contribution in [2.75, 3.05) is 10.6 Å². The third-order valence-electron chi connectivity index (χ3n) is 4.37. The summed E-state index contributed by atoms with van der Waals surface area (Å²) in [5.74, 6) is -0.222. The fraction of sp³-hybridized carbons (Fsp3) is 0.333. The summed E-state index contributed by atoms with van der Waals surface area (Å²) in [4.78, 5) is 24.6. The standard InChI is InChI=1S/C21H25N3O5S/c1-12-6-8-15(30(27,28)24-21(3,4)5)11-16(12)20(26)22-14-7-9-18-17(10-14)23-19(25)13(2)29-18/h6-11,13,24H,1-5H3,(H,22,26)(H,23,25)/t13-/m0/s1. The van der Waals surface area contributed by atoms with Crippen LogP contribution in [-0.4, -0.2) is 31.9 Å². The number of carbonyl (C=O) groups is 2. The van der Waals surface area contributed by atoms with Gasteiger partial charge >= 0.3 is 0 Å². The van der Waals surface area contributed by atoms with E-state index in [-0.39, 0.29) is 16.4 Å². The van der Waals surface area contributed by atoms with Crippen LogP contribution in [-0.2, 0) is 14.8 Å². The maximum absolute atomic E-state index is 12.8. The molecule has 160 valence electrons. The summed E-state index contributed by atoms with van der Waals surface area (Å²) in [5, 5.41) is 5.46. The number of hydrogen-bond donors (Lipinski definition) is 3. The molecule has 0 aliphatic carbocycles. The molecule has 3 rings (SSSR count). The van der Waals surface area contributed by atoms with Gasteiger partial charge in [-0.15, -0.1) is 0 Å². The van der Waals surface area contributed by atoms with Crippen LogP contribution in [0.3, 0.4) is 0 Å². The molecule has 0 aromatic heterocycles. The van der Waals surface area contributed by atoms with Gasteiger partial charge in [0.25, 0.3) is 11.8 Å². The molecule has 1 aliphatic rings. The smallest absolute Gasteiger partial charge is 0.265 e. The van der Waals surface area contributed by atoms with Crippen LogP contribution in [0, 0.1) is 6.92 Å². The van der Waals surface area contributed by atoms with E-state index in [4.69, 9.17) is 4.74 Å². The minimum Gasteiger partial charge on any atom is -0.479 e. The molecule has 8 nitrogen and oxygen atoms in total. The van der Waals surface area contributed by atoms with Crippen LogP contribution in [0.4, 0.5) is 11.4 Å². The van der Waals surface area contributed by atoms with Crippen LogP contribution in [0.1, 0.15) is 43.6 Å². The third kappa shape index (κ3) is 4.80. The minimum atomic E-state index is -3.78. The fourth-order valence-corrected chi connectivity index (χ4v) is 4.40. The van der Waals surface area contributed by atoms with Crippen molar-refractivity contribution in [3.63, 3.8) is 0 Å². The van der Waals surface area contributed by atoms with E-state index in [1.807, 2.05) is 0 Å².